The fraction of sp³-hybridized carbons (Fsp3) is 0.429. The highest BCUT2D eigenvalue weighted by atomic mass is 31.2. The van der Waals surface area contributed by atoms with Gasteiger partial charge in [-0.05, 0) is 39.1 Å². The van der Waals surface area contributed by atoms with Gasteiger partial charge in [-0.15, -0.1) is 0 Å². The monoisotopic (exact) mass is 629 g/mol. The molecule has 2 aromatic heterocycles. The number of anilines is 2. The van der Waals surface area contributed by atoms with Gasteiger partial charge in [0.15, 0.2) is 34.5 Å². The summed E-state index contributed by atoms with van der Waals surface area (Å²) in [4.78, 5) is 25.2. The normalized spacial score (nSPS) is 28.0. The van der Waals surface area contributed by atoms with Crippen molar-refractivity contribution in [2.24, 2.45) is 0 Å². The third-order valence-corrected chi connectivity index (χ3v) is 9.41. The molecule has 2 aromatic carbocycles. The van der Waals surface area contributed by atoms with Crippen molar-refractivity contribution in [3.63, 3.8) is 0 Å². The lowest BCUT2D eigenvalue weighted by atomic mass is 9.97. The van der Waals surface area contributed by atoms with Crippen LogP contribution in [-0.2, 0) is 23.4 Å². The van der Waals surface area contributed by atoms with Crippen molar-refractivity contribution in [2.45, 2.75) is 69.5 Å². The van der Waals surface area contributed by atoms with Gasteiger partial charge in [-0.3, -0.25) is 13.9 Å². The van der Waals surface area contributed by atoms with Crippen LogP contribution in [0.25, 0.3) is 21.9 Å². The first kappa shape index (κ1) is 30.2. The number of aromatic nitrogens is 4. The molecule has 234 valence electrons. The molecule has 7 atom stereocenters. The van der Waals surface area contributed by atoms with E-state index in [-0.39, 0.29) is 17.3 Å². The van der Waals surface area contributed by atoms with Crippen molar-refractivity contribution in [2.75, 3.05) is 18.1 Å². The summed E-state index contributed by atoms with van der Waals surface area (Å²) in [5.74, 6) is -0.265. The molecule has 1 unspecified atom stereocenters. The first-order chi connectivity index (χ1) is 20.8. The van der Waals surface area contributed by atoms with Crippen molar-refractivity contribution in [3.05, 3.63) is 48.8 Å². The molecule has 5 N–H and O–H groups in total. The average Bonchev–Trinajstić information content (AvgIpc) is 3.21. The zero-order valence-corrected chi connectivity index (χ0v) is 25.5. The first-order valence-electron chi connectivity index (χ1n) is 14.0. The Labute approximate surface area is 251 Å². The molecule has 1 aliphatic carbocycles. The van der Waals surface area contributed by atoms with E-state index in [1.165, 1.54) is 17.8 Å². The summed E-state index contributed by atoms with van der Waals surface area (Å²) in [6.45, 7) is 5.92. The van der Waals surface area contributed by atoms with Crippen molar-refractivity contribution in [1.29, 1.82) is 0 Å². The molecule has 2 aliphatic rings. The van der Waals surface area contributed by atoms with Gasteiger partial charge in [0.2, 0.25) is 5.95 Å². The first-order valence-corrected chi connectivity index (χ1v) is 15.5. The van der Waals surface area contributed by atoms with E-state index >= 15 is 4.39 Å². The number of carbonyl (C=O) groups is 1. The number of rotatable bonds is 10. The number of fused-ring (bicyclic) bond motifs is 3. The van der Waals surface area contributed by atoms with E-state index in [9.17, 15) is 14.5 Å². The predicted molar refractivity (Wildman–Crippen MR) is 159 cm³/mol. The number of nitrogens with zero attached hydrogens (tertiary/aromatic N) is 4. The van der Waals surface area contributed by atoms with E-state index in [1.807, 2.05) is 18.2 Å². The summed E-state index contributed by atoms with van der Waals surface area (Å²) in [6.07, 6.45) is -3.21. The van der Waals surface area contributed by atoms with E-state index in [4.69, 9.17) is 24.3 Å². The molecule has 6 rings (SSSR count). The number of ether oxygens (including phenoxy) is 2. The maximum Gasteiger partial charge on any atom is 0.459 e. The average molecular weight is 630 g/mol. The van der Waals surface area contributed by atoms with Crippen molar-refractivity contribution in [3.8, 4) is 5.75 Å². The molecule has 0 radical (unpaired) electrons. The topological polar surface area (TPSA) is 185 Å². The van der Waals surface area contributed by atoms with Crippen LogP contribution in [0.3, 0.4) is 0 Å². The molecule has 14 nitrogen and oxygen atoms in total. The molecule has 44 heavy (non-hydrogen) atoms. The third kappa shape index (κ3) is 4.85. The molecule has 1 saturated carbocycles. The zero-order valence-electron chi connectivity index (χ0n) is 24.6. The van der Waals surface area contributed by atoms with Gasteiger partial charge in [0.25, 0.3) is 0 Å². The second-order valence-corrected chi connectivity index (χ2v) is 12.9. The molecule has 0 amide bonds. The SMILES string of the molecule is CNc1nc(N)nc2c1ncn2[C@@H]1O[C@@H]2C(O[P@](=O)(N[C@@H](C)C(=O)OC(C)C)Oc3cccc4ccccc34)[C@]2(O)[C@@]1(C)F. The summed E-state index contributed by atoms with van der Waals surface area (Å²) in [6, 6.07) is 11.2. The molecule has 4 aromatic rings. The Balaban J connectivity index is 1.30. The number of esters is 1. The Hall–Kier alpha value is -3.88. The number of aliphatic hydroxyl groups is 1. The minimum absolute atomic E-state index is 0.0741. The second-order valence-electron chi connectivity index (χ2n) is 11.2. The maximum atomic E-state index is 16.6. The lowest BCUT2D eigenvalue weighted by Gasteiger charge is -2.32. The Morgan fingerprint density at radius 3 is 2.61 bits per heavy atom. The van der Waals surface area contributed by atoms with E-state index in [2.05, 4.69) is 25.4 Å². The summed E-state index contributed by atoms with van der Waals surface area (Å²) in [7, 11) is -2.88. The molecule has 0 bridgehead atoms. The minimum Gasteiger partial charge on any atom is -0.462 e. The molecule has 2 fully saturated rings. The highest BCUT2D eigenvalue weighted by Crippen LogP contribution is 2.66. The summed E-state index contributed by atoms with van der Waals surface area (Å²) in [5, 5.41) is 18.5. The number of halogens is 1. The largest absolute Gasteiger partial charge is 0.462 e. The Morgan fingerprint density at radius 2 is 1.93 bits per heavy atom. The Kier molecular flexibility index (Phi) is 7.29. The fourth-order valence-corrected chi connectivity index (χ4v) is 7.23. The van der Waals surface area contributed by atoms with E-state index in [0.717, 1.165) is 12.3 Å². The number of hydrogen-bond donors (Lipinski definition) is 4. The molecule has 1 saturated heterocycles. The van der Waals surface area contributed by atoms with Gasteiger partial charge < -0.3 is 30.2 Å². The quantitative estimate of drug-likeness (QED) is 0.148. The van der Waals surface area contributed by atoms with Gasteiger partial charge in [-0.25, -0.2) is 13.9 Å². The lowest BCUT2D eigenvalue weighted by Crippen LogP contribution is -2.45. The number of nitrogens with one attached hydrogen (secondary N) is 2. The number of carbonyl (C=O) groups excluding carboxylic acids is 1. The molecule has 16 heteroatoms. The second kappa shape index (κ2) is 10.6. The van der Waals surface area contributed by atoms with Gasteiger partial charge in [-0.1, -0.05) is 36.4 Å². The Morgan fingerprint density at radius 1 is 1.20 bits per heavy atom. The third-order valence-electron chi connectivity index (χ3n) is 7.76. The molecule has 1 aliphatic heterocycles. The van der Waals surface area contributed by atoms with Crippen LogP contribution < -0.4 is 20.7 Å². The van der Waals surface area contributed by atoms with Crippen LogP contribution >= 0.6 is 7.75 Å². The van der Waals surface area contributed by atoms with Crippen LogP contribution in [0.5, 0.6) is 5.75 Å². The standard InChI is InChI=1S/C28H33FN7O7P/c1-14(2)40-24(37)15(3)35-44(39,42-18-12-8-10-16-9-6-7-11-17(16)18)43-21-20-28(21,38)27(4,29)25(41-20)36-13-32-19-22(31-5)33-26(30)34-23(19)36/h6-15,20-21,25,38H,1-5H3,(H,35,39)(H3,30,31,33,34)/t15-,20+,21?,25+,27-,28-,44-/m0/s1. The number of benzene rings is 2. The van der Waals surface area contributed by atoms with Gasteiger partial charge in [-0.2, -0.15) is 15.1 Å². The van der Waals surface area contributed by atoms with Crippen LogP contribution in [0.2, 0.25) is 0 Å². The number of alkyl halides is 1. The van der Waals surface area contributed by atoms with Crippen LogP contribution in [0.1, 0.15) is 33.9 Å². The minimum atomic E-state index is -4.50. The van der Waals surface area contributed by atoms with Crippen molar-refractivity contribution in [1.82, 2.24) is 24.6 Å². The summed E-state index contributed by atoms with van der Waals surface area (Å²) >= 11 is 0. The smallest absolute Gasteiger partial charge is 0.459 e. The van der Waals surface area contributed by atoms with Crippen LogP contribution in [0.15, 0.2) is 48.8 Å². The van der Waals surface area contributed by atoms with Crippen LogP contribution in [0, 0.1) is 0 Å². The maximum absolute atomic E-state index is 16.6. The predicted octanol–water partition coefficient (Wildman–Crippen LogP) is 3.48. The fourth-order valence-electron chi connectivity index (χ4n) is 5.51. The molecular formula is C28H33FN7O7P. The zero-order chi connectivity index (χ0) is 31.6. The van der Waals surface area contributed by atoms with E-state index < -0.39 is 55.6 Å². The van der Waals surface area contributed by atoms with Gasteiger partial charge in [0, 0.05) is 12.4 Å². The number of nitrogens with two attached hydrogens (primary N) is 1. The molecule has 3 heterocycles. The van der Waals surface area contributed by atoms with Gasteiger partial charge in [0.1, 0.15) is 24.0 Å². The highest BCUT2D eigenvalue weighted by molar-refractivity contribution is 7.52. The van der Waals surface area contributed by atoms with Gasteiger partial charge in [0.05, 0.1) is 12.4 Å². The number of nitrogen functional groups attached to an aromatic ring is 1. The summed E-state index contributed by atoms with van der Waals surface area (Å²) in [5.41, 5.74) is 1.60. The molecular weight excluding hydrogens is 596 g/mol. The van der Waals surface area contributed by atoms with Crippen molar-refractivity contribution >= 4 is 47.4 Å². The Bertz CT molecular complexity index is 1800. The summed E-state index contributed by atoms with van der Waals surface area (Å²) < 4.78 is 55.3. The van der Waals surface area contributed by atoms with Gasteiger partial charge >= 0.3 is 13.7 Å². The van der Waals surface area contributed by atoms with E-state index in [0.29, 0.717) is 16.7 Å². The highest BCUT2D eigenvalue weighted by Gasteiger charge is 2.85. The molecule has 0 spiro atoms. The number of hydrogen-bond acceptors (Lipinski definition) is 12. The van der Waals surface area contributed by atoms with E-state index in [1.54, 1.807) is 45.2 Å². The number of imidazole rings is 1. The van der Waals surface area contributed by atoms with Crippen LogP contribution in [-0.4, -0.2) is 73.3 Å². The van der Waals surface area contributed by atoms with Crippen LogP contribution in [0.4, 0.5) is 16.2 Å². The lowest BCUT2D eigenvalue weighted by molar-refractivity contribution is -0.149. The van der Waals surface area contributed by atoms with Crippen molar-refractivity contribution < 1.29 is 37.4 Å².